The van der Waals surface area contributed by atoms with E-state index in [1.807, 2.05) is 0 Å². The molecule has 0 fully saturated rings. The van der Waals surface area contributed by atoms with Crippen molar-refractivity contribution in [1.29, 1.82) is 0 Å². The van der Waals surface area contributed by atoms with E-state index in [0.717, 1.165) is 19.0 Å². The Hall–Kier alpha value is -0.720. The number of methoxy groups -OCH3 is 1. The molecule has 0 atom stereocenters. The number of rotatable bonds is 8. The molecule has 0 aliphatic carbocycles. The Bertz CT molecular complexity index is 354. The van der Waals surface area contributed by atoms with E-state index in [-0.39, 0.29) is 10.2 Å². The number of hydrogen-bond donors (Lipinski definition) is 1. The summed E-state index contributed by atoms with van der Waals surface area (Å²) in [7, 11) is 1.65. The summed E-state index contributed by atoms with van der Waals surface area (Å²) in [5, 5.41) is 3.12. The fourth-order valence-corrected chi connectivity index (χ4v) is 1.88. The number of nitrogens with one attached hydrogen (secondary N) is 1. The summed E-state index contributed by atoms with van der Waals surface area (Å²) in [5.74, 6) is -1.30. The van der Waals surface area contributed by atoms with Crippen molar-refractivity contribution in [3.8, 4) is 5.75 Å². The summed E-state index contributed by atoms with van der Waals surface area (Å²) in [6.07, 6.45) is 0.908. The summed E-state index contributed by atoms with van der Waals surface area (Å²) < 4.78 is 36.6. The van der Waals surface area contributed by atoms with E-state index in [1.54, 1.807) is 7.11 Å². The lowest BCUT2D eigenvalue weighted by Crippen LogP contribution is -2.23. The van der Waals surface area contributed by atoms with Gasteiger partial charge in [-0.15, -0.1) is 0 Å². The first-order valence-electron chi connectivity index (χ1n) is 5.62. The van der Waals surface area contributed by atoms with Crippen molar-refractivity contribution in [2.24, 2.45) is 0 Å². The summed E-state index contributed by atoms with van der Waals surface area (Å²) in [6, 6.07) is 1.97. The predicted molar refractivity (Wildman–Crippen MR) is 68.9 cm³/mol. The van der Waals surface area contributed by atoms with Crippen molar-refractivity contribution in [3.05, 3.63) is 28.2 Å². The lowest BCUT2D eigenvalue weighted by molar-refractivity contribution is 0.193. The smallest absolute Gasteiger partial charge is 0.169 e. The summed E-state index contributed by atoms with van der Waals surface area (Å²) in [5.41, 5.74) is 0. The molecule has 0 radical (unpaired) electrons. The van der Waals surface area contributed by atoms with Gasteiger partial charge in [0.15, 0.2) is 11.6 Å². The van der Waals surface area contributed by atoms with Crippen LogP contribution in [0.2, 0.25) is 0 Å². The van der Waals surface area contributed by atoms with Crippen LogP contribution in [0, 0.1) is 11.6 Å². The van der Waals surface area contributed by atoms with E-state index in [9.17, 15) is 8.78 Å². The fourth-order valence-electron chi connectivity index (χ4n) is 1.36. The van der Waals surface area contributed by atoms with Crippen molar-refractivity contribution < 1.29 is 18.3 Å². The molecular weight excluding hydrogens is 308 g/mol. The topological polar surface area (TPSA) is 30.5 Å². The number of ether oxygens (including phenoxy) is 2. The van der Waals surface area contributed by atoms with Crippen LogP contribution in [0.3, 0.4) is 0 Å². The van der Waals surface area contributed by atoms with Gasteiger partial charge >= 0.3 is 0 Å². The second-order valence-corrected chi connectivity index (χ2v) is 4.50. The van der Waals surface area contributed by atoms with E-state index < -0.39 is 11.6 Å². The van der Waals surface area contributed by atoms with Gasteiger partial charge in [0.25, 0.3) is 0 Å². The molecule has 0 heterocycles. The van der Waals surface area contributed by atoms with Crippen LogP contribution in [0.4, 0.5) is 8.78 Å². The van der Waals surface area contributed by atoms with Crippen molar-refractivity contribution in [1.82, 2.24) is 5.32 Å². The lowest BCUT2D eigenvalue weighted by Gasteiger charge is -2.10. The third-order valence-corrected chi connectivity index (χ3v) is 2.78. The SMILES string of the molecule is COCCCNCCOc1c(F)cc(F)cc1Br. The van der Waals surface area contributed by atoms with Gasteiger partial charge in [0.2, 0.25) is 0 Å². The minimum absolute atomic E-state index is 0.0371. The molecule has 1 N–H and O–H groups in total. The quantitative estimate of drug-likeness (QED) is 0.746. The van der Waals surface area contributed by atoms with Gasteiger partial charge in [-0.25, -0.2) is 8.78 Å². The summed E-state index contributed by atoms with van der Waals surface area (Å²) in [6.45, 7) is 2.41. The van der Waals surface area contributed by atoms with Crippen molar-refractivity contribution in [2.75, 3.05) is 33.4 Å². The number of benzene rings is 1. The fraction of sp³-hybridized carbons (Fsp3) is 0.500. The molecule has 102 valence electrons. The molecule has 0 aliphatic rings. The minimum atomic E-state index is -0.707. The van der Waals surface area contributed by atoms with E-state index in [0.29, 0.717) is 19.8 Å². The summed E-state index contributed by atoms with van der Waals surface area (Å²) >= 11 is 3.06. The highest BCUT2D eigenvalue weighted by molar-refractivity contribution is 9.10. The third kappa shape index (κ3) is 5.29. The molecule has 0 aliphatic heterocycles. The lowest BCUT2D eigenvalue weighted by atomic mass is 10.3. The van der Waals surface area contributed by atoms with E-state index in [4.69, 9.17) is 9.47 Å². The van der Waals surface area contributed by atoms with Crippen molar-refractivity contribution >= 4 is 15.9 Å². The van der Waals surface area contributed by atoms with Crippen LogP contribution >= 0.6 is 15.9 Å². The molecule has 0 bridgehead atoms. The maximum Gasteiger partial charge on any atom is 0.169 e. The Kier molecular flexibility index (Phi) is 7.15. The van der Waals surface area contributed by atoms with Gasteiger partial charge in [-0.3, -0.25) is 0 Å². The molecule has 18 heavy (non-hydrogen) atoms. The Morgan fingerprint density at radius 2 is 2.00 bits per heavy atom. The highest BCUT2D eigenvalue weighted by Crippen LogP contribution is 2.28. The average molecular weight is 324 g/mol. The Balaban J connectivity index is 2.27. The van der Waals surface area contributed by atoms with E-state index >= 15 is 0 Å². The Morgan fingerprint density at radius 3 is 2.67 bits per heavy atom. The van der Waals surface area contributed by atoms with Gasteiger partial charge in [-0.2, -0.15) is 0 Å². The molecular formula is C12H16BrF2NO2. The second kappa shape index (κ2) is 8.39. The first kappa shape index (κ1) is 15.3. The molecule has 1 aromatic rings. The molecule has 0 aromatic heterocycles. The van der Waals surface area contributed by atoms with Gasteiger partial charge in [-0.05, 0) is 35.0 Å². The van der Waals surface area contributed by atoms with Crippen LogP contribution in [-0.2, 0) is 4.74 Å². The van der Waals surface area contributed by atoms with Gasteiger partial charge < -0.3 is 14.8 Å². The first-order chi connectivity index (χ1) is 8.65. The normalized spacial score (nSPS) is 10.7. The van der Waals surface area contributed by atoms with Crippen LogP contribution in [-0.4, -0.2) is 33.4 Å². The van der Waals surface area contributed by atoms with Crippen LogP contribution in [0.15, 0.2) is 16.6 Å². The molecule has 0 unspecified atom stereocenters. The van der Waals surface area contributed by atoms with Crippen molar-refractivity contribution in [3.63, 3.8) is 0 Å². The monoisotopic (exact) mass is 323 g/mol. The Morgan fingerprint density at radius 1 is 1.22 bits per heavy atom. The number of halogens is 3. The minimum Gasteiger partial charge on any atom is -0.488 e. The zero-order valence-electron chi connectivity index (χ0n) is 10.1. The molecule has 1 rings (SSSR count). The molecule has 0 saturated carbocycles. The molecule has 0 spiro atoms. The van der Waals surface area contributed by atoms with Crippen molar-refractivity contribution in [2.45, 2.75) is 6.42 Å². The van der Waals surface area contributed by atoms with Gasteiger partial charge in [0, 0.05) is 26.3 Å². The molecule has 0 saturated heterocycles. The molecule has 1 aromatic carbocycles. The number of hydrogen-bond acceptors (Lipinski definition) is 3. The predicted octanol–water partition coefficient (Wildman–Crippen LogP) is 2.73. The second-order valence-electron chi connectivity index (χ2n) is 3.64. The zero-order valence-corrected chi connectivity index (χ0v) is 11.7. The summed E-state index contributed by atoms with van der Waals surface area (Å²) in [4.78, 5) is 0. The molecule has 0 amide bonds. The highest BCUT2D eigenvalue weighted by Gasteiger charge is 2.10. The van der Waals surface area contributed by atoms with E-state index in [1.165, 1.54) is 6.07 Å². The van der Waals surface area contributed by atoms with Crippen LogP contribution < -0.4 is 10.1 Å². The standard InChI is InChI=1S/C12H16BrF2NO2/c1-17-5-2-3-16-4-6-18-12-10(13)7-9(14)8-11(12)15/h7-8,16H,2-6H2,1H3. The van der Waals surface area contributed by atoms with Crippen LogP contribution in [0.25, 0.3) is 0 Å². The zero-order chi connectivity index (χ0) is 13.4. The largest absolute Gasteiger partial charge is 0.488 e. The van der Waals surface area contributed by atoms with Gasteiger partial charge in [-0.1, -0.05) is 0 Å². The first-order valence-corrected chi connectivity index (χ1v) is 6.41. The van der Waals surface area contributed by atoms with Crippen LogP contribution in [0.1, 0.15) is 6.42 Å². The van der Waals surface area contributed by atoms with Gasteiger partial charge in [0.05, 0.1) is 4.47 Å². The van der Waals surface area contributed by atoms with Crippen LogP contribution in [0.5, 0.6) is 5.75 Å². The molecule has 3 nitrogen and oxygen atoms in total. The maximum atomic E-state index is 13.4. The maximum absolute atomic E-state index is 13.4. The van der Waals surface area contributed by atoms with E-state index in [2.05, 4.69) is 21.2 Å². The third-order valence-electron chi connectivity index (χ3n) is 2.19. The average Bonchev–Trinajstić information content (AvgIpc) is 2.30. The van der Waals surface area contributed by atoms with Gasteiger partial charge in [0.1, 0.15) is 12.4 Å². The Labute approximate surface area is 114 Å². The molecule has 6 heteroatoms. The highest BCUT2D eigenvalue weighted by atomic mass is 79.9.